The molecule has 0 saturated carbocycles. The Balaban J connectivity index is 2.13. The van der Waals surface area contributed by atoms with Crippen LogP contribution in [0.4, 0.5) is 0 Å². The maximum atomic E-state index is 11.6. The summed E-state index contributed by atoms with van der Waals surface area (Å²) in [6.45, 7) is 10.2. The minimum atomic E-state index is -0.456. The van der Waals surface area contributed by atoms with Gasteiger partial charge in [0.15, 0.2) is 6.29 Å². The number of nitrogens with zero attached hydrogens (tertiary/aromatic N) is 2. The monoisotopic (exact) mass is 546 g/mol. The van der Waals surface area contributed by atoms with E-state index in [1.54, 1.807) is 14.2 Å². The highest BCUT2D eigenvalue weighted by Gasteiger charge is 2.27. The Bertz CT molecular complexity index is 1350. The molecule has 0 spiro atoms. The van der Waals surface area contributed by atoms with Crippen molar-refractivity contribution in [3.8, 4) is 23.5 Å². The first-order chi connectivity index (χ1) is 18.9. The van der Waals surface area contributed by atoms with Crippen LogP contribution in [0.3, 0.4) is 0 Å². The van der Waals surface area contributed by atoms with Crippen molar-refractivity contribution in [1.29, 1.82) is 0 Å². The molecule has 0 aromatic carbocycles. The molecule has 2 aromatic heterocycles. The van der Waals surface area contributed by atoms with Gasteiger partial charge in [-0.3, -0.25) is 9.79 Å². The molecule has 0 N–H and O–H groups in total. The Labute approximate surface area is 236 Å². The molecule has 0 aliphatic carbocycles. The van der Waals surface area contributed by atoms with Crippen molar-refractivity contribution in [2.45, 2.75) is 27.7 Å². The molecule has 0 atom stereocenters. The fourth-order valence-corrected chi connectivity index (χ4v) is 5.14. The number of hydrogen-bond donors (Lipinski definition) is 0. The number of thiophene rings is 1. The zero-order valence-corrected chi connectivity index (χ0v) is 24.4. The quantitative estimate of drug-likeness (QED) is 0.171. The number of aryl methyl sites for hydroxylation is 2. The van der Waals surface area contributed by atoms with E-state index < -0.39 is 6.85 Å². The molecule has 1 aliphatic rings. The lowest BCUT2D eigenvalue weighted by atomic mass is 9.63. The second-order valence-corrected chi connectivity index (χ2v) is 10.1. The van der Waals surface area contributed by atoms with Crippen LogP contribution in [-0.2, 0) is 18.9 Å². The summed E-state index contributed by atoms with van der Waals surface area (Å²) < 4.78 is 23.4. The number of carbonyl (C=O) groups excluding carboxylic acids is 1. The maximum Gasteiger partial charge on any atom is 0.433 e. The van der Waals surface area contributed by atoms with Gasteiger partial charge in [-0.25, -0.2) is 0 Å². The maximum absolute atomic E-state index is 11.6. The summed E-state index contributed by atoms with van der Waals surface area (Å²) in [5.74, 6) is 12.9. The van der Waals surface area contributed by atoms with Crippen molar-refractivity contribution in [2.75, 3.05) is 53.9 Å². The molecule has 3 heterocycles. The first-order valence-electron chi connectivity index (χ1n) is 12.7. The first kappa shape index (κ1) is 30.4. The zero-order chi connectivity index (χ0) is 28.2. The van der Waals surface area contributed by atoms with Crippen LogP contribution < -0.4 is 0 Å². The van der Waals surface area contributed by atoms with Gasteiger partial charge >= 0.3 is 6.85 Å². The summed E-state index contributed by atoms with van der Waals surface area (Å²) in [4.78, 5) is 18.1. The molecule has 2 aromatic rings. The fraction of sp³-hybridized carbons (Fsp3) is 0.400. The minimum Gasteiger partial charge on any atom is -0.382 e. The van der Waals surface area contributed by atoms with E-state index in [-0.39, 0.29) is 13.2 Å². The van der Waals surface area contributed by atoms with Gasteiger partial charge in [0.2, 0.25) is 0 Å². The molecular weight excluding hydrogens is 511 g/mol. The standard InChI is InChI=1S/C30H35BN2O5S/c1-22-19-24(3)32-29(22)28(27-10-9-26(21-34)39-27)30-23(2)20-25(4)33(30)31(11-7-13-37-17-15-35-5)12-8-14-38-18-16-36-6/h9-10,19-21H,13-18H2,1-6H3/b29-28-. The number of allylic oxidation sites excluding steroid dienone is 2. The smallest absolute Gasteiger partial charge is 0.382 e. The number of rotatable bonds is 12. The van der Waals surface area contributed by atoms with Gasteiger partial charge < -0.3 is 23.4 Å². The lowest BCUT2D eigenvalue weighted by Crippen LogP contribution is -2.26. The van der Waals surface area contributed by atoms with E-state index >= 15 is 0 Å². The molecule has 0 fully saturated rings. The summed E-state index contributed by atoms with van der Waals surface area (Å²) in [5.41, 5.74) is 6.93. The van der Waals surface area contributed by atoms with Crippen molar-refractivity contribution >= 4 is 35.8 Å². The third-order valence-corrected chi connectivity index (χ3v) is 6.95. The van der Waals surface area contributed by atoms with Crippen LogP contribution in [0.5, 0.6) is 0 Å². The number of methoxy groups -OCH3 is 2. The van der Waals surface area contributed by atoms with Gasteiger partial charge in [-0.15, -0.1) is 23.0 Å². The number of aliphatic imine (C=N–C) groups is 1. The van der Waals surface area contributed by atoms with Gasteiger partial charge in [-0.2, -0.15) is 0 Å². The van der Waals surface area contributed by atoms with E-state index in [4.69, 9.17) is 23.9 Å². The minimum absolute atomic E-state index is 0.271. The molecule has 7 nitrogen and oxygen atoms in total. The molecule has 0 bridgehead atoms. The summed E-state index contributed by atoms with van der Waals surface area (Å²) in [7, 11) is 3.27. The molecule has 9 heteroatoms. The van der Waals surface area contributed by atoms with Crippen molar-refractivity contribution in [3.05, 3.63) is 62.3 Å². The molecule has 1 aliphatic heterocycles. The van der Waals surface area contributed by atoms with Crippen LogP contribution in [0.15, 0.2) is 40.5 Å². The third-order valence-electron chi connectivity index (χ3n) is 5.92. The molecule has 0 amide bonds. The van der Waals surface area contributed by atoms with E-state index in [1.807, 2.05) is 19.1 Å². The van der Waals surface area contributed by atoms with Gasteiger partial charge in [0, 0.05) is 41.8 Å². The van der Waals surface area contributed by atoms with Crippen LogP contribution in [0, 0.1) is 37.3 Å². The molecule has 0 unspecified atom stereocenters. The molecule has 3 rings (SSSR count). The molecule has 204 valence electrons. The second-order valence-electron chi connectivity index (χ2n) is 8.95. The summed E-state index contributed by atoms with van der Waals surface area (Å²) in [5, 5.41) is 0. The normalized spacial score (nSPS) is 13.7. The second kappa shape index (κ2) is 15.4. The Kier molecular flexibility index (Phi) is 12.0. The first-order valence-corrected chi connectivity index (χ1v) is 13.6. The number of carbonyl (C=O) groups is 1. The van der Waals surface area contributed by atoms with Crippen LogP contribution in [0.1, 0.15) is 45.3 Å². The third kappa shape index (κ3) is 8.16. The predicted octanol–water partition coefficient (Wildman–Crippen LogP) is 4.41. The van der Waals surface area contributed by atoms with Gasteiger partial charge in [0.05, 0.1) is 37.0 Å². The van der Waals surface area contributed by atoms with E-state index in [0.717, 1.165) is 50.7 Å². The lowest BCUT2D eigenvalue weighted by molar-refractivity contribution is 0.0877. The Morgan fingerprint density at radius 1 is 1.00 bits per heavy atom. The van der Waals surface area contributed by atoms with Crippen LogP contribution in [0.2, 0.25) is 0 Å². The SMILES string of the molecule is COCCOCC#CB(C#CCOCCOC)n1c(C)cc(C)c1/C(=C1\N=C(C)C=C1C)c1ccc(C=O)s1. The largest absolute Gasteiger partial charge is 0.433 e. The van der Waals surface area contributed by atoms with E-state index in [0.29, 0.717) is 31.3 Å². The van der Waals surface area contributed by atoms with Crippen molar-refractivity contribution in [1.82, 2.24) is 4.48 Å². The Hall–Kier alpha value is -3.18. The topological polar surface area (TPSA) is 71.3 Å². The van der Waals surface area contributed by atoms with E-state index in [2.05, 4.69) is 60.9 Å². The highest BCUT2D eigenvalue weighted by atomic mass is 32.1. The lowest BCUT2D eigenvalue weighted by Gasteiger charge is -2.17. The summed E-state index contributed by atoms with van der Waals surface area (Å²) >= 11 is 1.45. The fourth-order valence-electron chi connectivity index (χ4n) is 4.27. The van der Waals surface area contributed by atoms with E-state index in [1.165, 1.54) is 11.3 Å². The number of ether oxygens (including phenoxy) is 4. The van der Waals surface area contributed by atoms with Gasteiger partial charge in [0.25, 0.3) is 0 Å². The van der Waals surface area contributed by atoms with Gasteiger partial charge in [-0.1, -0.05) is 11.8 Å². The van der Waals surface area contributed by atoms with Crippen molar-refractivity contribution in [3.63, 3.8) is 0 Å². The summed E-state index contributed by atoms with van der Waals surface area (Å²) in [6.07, 6.45) is 2.96. The highest BCUT2D eigenvalue weighted by Crippen LogP contribution is 2.39. The number of aromatic nitrogens is 1. The molecule has 0 radical (unpaired) electrons. The van der Waals surface area contributed by atoms with Crippen molar-refractivity contribution < 1.29 is 23.7 Å². The average molecular weight is 546 g/mol. The van der Waals surface area contributed by atoms with Crippen LogP contribution in [-0.4, -0.2) is 77.2 Å². The predicted molar refractivity (Wildman–Crippen MR) is 159 cm³/mol. The van der Waals surface area contributed by atoms with Crippen LogP contribution >= 0.6 is 11.3 Å². The molecule has 0 saturated heterocycles. The Morgan fingerprint density at radius 2 is 1.64 bits per heavy atom. The van der Waals surface area contributed by atoms with Gasteiger partial charge in [0.1, 0.15) is 13.2 Å². The highest BCUT2D eigenvalue weighted by molar-refractivity contribution is 7.14. The number of hydrogen-bond acceptors (Lipinski definition) is 7. The van der Waals surface area contributed by atoms with Crippen LogP contribution in [0.25, 0.3) is 5.57 Å². The molecular formula is C30H35BN2O5S. The van der Waals surface area contributed by atoms with Gasteiger partial charge in [-0.05, 0) is 63.1 Å². The molecule has 39 heavy (non-hydrogen) atoms. The zero-order valence-electron chi connectivity index (χ0n) is 23.6. The number of aldehydes is 1. The Morgan fingerprint density at radius 3 is 2.15 bits per heavy atom. The van der Waals surface area contributed by atoms with E-state index in [9.17, 15) is 4.79 Å². The summed E-state index contributed by atoms with van der Waals surface area (Å²) in [6, 6.07) is 5.97. The van der Waals surface area contributed by atoms with Crippen molar-refractivity contribution in [2.24, 2.45) is 4.99 Å². The average Bonchev–Trinajstić information content (AvgIpc) is 3.60.